The molecule has 240 valence electrons. The highest BCUT2D eigenvalue weighted by atomic mass is 16.5. The number of anilines is 6. The number of azo groups is 1. The molecule has 0 aliphatic carbocycles. The van der Waals surface area contributed by atoms with Crippen molar-refractivity contribution in [2.24, 2.45) is 10.2 Å². The molecule has 48 heavy (non-hydrogen) atoms. The second kappa shape index (κ2) is 14.9. The lowest BCUT2D eigenvalue weighted by atomic mass is 10.1. The van der Waals surface area contributed by atoms with Crippen molar-refractivity contribution in [3.05, 3.63) is 146 Å². The summed E-state index contributed by atoms with van der Waals surface area (Å²) in [6, 6.07) is 47.9. The minimum atomic E-state index is 0.741. The van der Waals surface area contributed by atoms with Crippen LogP contribution in [0.1, 0.15) is 0 Å². The summed E-state index contributed by atoms with van der Waals surface area (Å²) < 4.78 is 21.5. The van der Waals surface area contributed by atoms with E-state index in [1.54, 1.807) is 28.4 Å². The fourth-order valence-corrected chi connectivity index (χ4v) is 5.27. The van der Waals surface area contributed by atoms with Gasteiger partial charge in [0.25, 0.3) is 0 Å². The molecule has 0 radical (unpaired) electrons. The molecule has 8 nitrogen and oxygen atoms in total. The Kier molecular flexibility index (Phi) is 9.82. The molecule has 0 N–H and O–H groups in total. The van der Waals surface area contributed by atoms with Gasteiger partial charge in [0.1, 0.15) is 23.0 Å². The second-order valence-corrected chi connectivity index (χ2v) is 10.7. The molecule has 0 spiro atoms. The Labute approximate surface area is 281 Å². The average Bonchev–Trinajstić information content (AvgIpc) is 3.16. The van der Waals surface area contributed by atoms with Gasteiger partial charge in [-0.15, -0.1) is 0 Å². The van der Waals surface area contributed by atoms with E-state index < -0.39 is 0 Å². The predicted octanol–water partition coefficient (Wildman–Crippen LogP) is 11.1. The molecule has 0 unspecified atom stereocenters. The maximum atomic E-state index is 5.38. The first-order valence-electron chi connectivity index (χ1n) is 15.4. The predicted molar refractivity (Wildman–Crippen MR) is 193 cm³/mol. The van der Waals surface area contributed by atoms with Gasteiger partial charge in [-0.05, 0) is 146 Å². The van der Waals surface area contributed by atoms with Gasteiger partial charge >= 0.3 is 0 Å². The molecule has 0 atom stereocenters. The first-order valence-corrected chi connectivity index (χ1v) is 15.4. The summed E-state index contributed by atoms with van der Waals surface area (Å²) in [7, 11) is 6.66. The quantitative estimate of drug-likeness (QED) is 0.125. The molecule has 0 heterocycles. The molecule has 0 bridgehead atoms. The standard InChI is InChI=1S/C40H36N4O4/c1-45-37-21-13-33(14-22-37)43(34-15-23-38(46-2)24-16-34)31-9-5-29(6-10-31)41-42-30-7-11-32(12-8-30)44(35-17-25-39(47-3)26-18-35)36-19-27-40(48-4)28-20-36/h5-28H,1-4H3. The Bertz CT molecular complexity index is 1690. The molecule has 6 aromatic rings. The van der Waals surface area contributed by atoms with Gasteiger partial charge < -0.3 is 28.7 Å². The number of hydrogen-bond donors (Lipinski definition) is 0. The van der Waals surface area contributed by atoms with E-state index in [0.29, 0.717) is 0 Å². The first kappa shape index (κ1) is 31.7. The third-order valence-corrected chi connectivity index (χ3v) is 7.82. The lowest BCUT2D eigenvalue weighted by Crippen LogP contribution is -2.09. The van der Waals surface area contributed by atoms with E-state index in [-0.39, 0.29) is 0 Å². The molecule has 6 rings (SSSR count). The van der Waals surface area contributed by atoms with E-state index in [0.717, 1.165) is 68.5 Å². The summed E-state index contributed by atoms with van der Waals surface area (Å²) in [5, 5.41) is 9.06. The molecule has 0 aromatic heterocycles. The number of benzene rings is 6. The zero-order chi connectivity index (χ0) is 33.3. The Hall–Kier alpha value is -6.28. The number of rotatable bonds is 12. The van der Waals surface area contributed by atoms with Crippen LogP contribution in [0.15, 0.2) is 156 Å². The lowest BCUT2D eigenvalue weighted by molar-refractivity contribution is 0.414. The Morgan fingerprint density at radius 2 is 0.479 bits per heavy atom. The highest BCUT2D eigenvalue weighted by molar-refractivity contribution is 5.79. The average molecular weight is 637 g/mol. The topological polar surface area (TPSA) is 68.1 Å². The van der Waals surface area contributed by atoms with Crippen molar-refractivity contribution >= 4 is 45.5 Å². The first-order chi connectivity index (χ1) is 23.6. The van der Waals surface area contributed by atoms with Crippen LogP contribution in [0.5, 0.6) is 23.0 Å². The van der Waals surface area contributed by atoms with Gasteiger partial charge in [0.05, 0.1) is 39.8 Å². The molecule has 0 saturated heterocycles. The normalized spacial score (nSPS) is 10.8. The Morgan fingerprint density at radius 3 is 0.667 bits per heavy atom. The molecule has 0 aliphatic heterocycles. The molecule has 0 saturated carbocycles. The zero-order valence-electron chi connectivity index (χ0n) is 27.3. The molecule has 6 aromatic carbocycles. The monoisotopic (exact) mass is 636 g/mol. The van der Waals surface area contributed by atoms with E-state index in [1.165, 1.54) is 0 Å². The van der Waals surface area contributed by atoms with Gasteiger partial charge in [-0.25, -0.2) is 0 Å². The smallest absolute Gasteiger partial charge is 0.119 e. The fourth-order valence-electron chi connectivity index (χ4n) is 5.27. The summed E-state index contributed by atoms with van der Waals surface area (Å²) in [5.74, 6) is 3.19. The summed E-state index contributed by atoms with van der Waals surface area (Å²) >= 11 is 0. The largest absolute Gasteiger partial charge is 0.497 e. The van der Waals surface area contributed by atoms with Crippen LogP contribution in [0.3, 0.4) is 0 Å². The van der Waals surface area contributed by atoms with Gasteiger partial charge in [-0.3, -0.25) is 0 Å². The van der Waals surface area contributed by atoms with Crippen LogP contribution in [-0.2, 0) is 0 Å². The number of methoxy groups -OCH3 is 4. The van der Waals surface area contributed by atoms with Crippen molar-refractivity contribution in [2.75, 3.05) is 38.2 Å². The Balaban J connectivity index is 1.23. The van der Waals surface area contributed by atoms with Crippen LogP contribution in [-0.4, -0.2) is 28.4 Å². The molecular weight excluding hydrogens is 600 g/mol. The molecule has 0 aliphatic rings. The maximum Gasteiger partial charge on any atom is 0.119 e. The van der Waals surface area contributed by atoms with Gasteiger partial charge in [0.15, 0.2) is 0 Å². The van der Waals surface area contributed by atoms with E-state index in [1.807, 2.05) is 146 Å². The highest BCUT2D eigenvalue weighted by Gasteiger charge is 2.15. The van der Waals surface area contributed by atoms with Crippen molar-refractivity contribution in [2.45, 2.75) is 0 Å². The van der Waals surface area contributed by atoms with Crippen LogP contribution >= 0.6 is 0 Å². The molecule has 0 amide bonds. The minimum Gasteiger partial charge on any atom is -0.497 e. The van der Waals surface area contributed by atoms with Crippen molar-refractivity contribution in [3.63, 3.8) is 0 Å². The van der Waals surface area contributed by atoms with Crippen molar-refractivity contribution in [3.8, 4) is 23.0 Å². The van der Waals surface area contributed by atoms with E-state index in [9.17, 15) is 0 Å². The SMILES string of the molecule is COc1ccc(N(c2ccc(N=Nc3ccc(N(c4ccc(OC)cc4)c4ccc(OC)cc4)cc3)cc2)c2ccc(OC)cc2)cc1. The number of ether oxygens (including phenoxy) is 4. The third-order valence-electron chi connectivity index (χ3n) is 7.82. The minimum absolute atomic E-state index is 0.741. The van der Waals surface area contributed by atoms with Crippen molar-refractivity contribution < 1.29 is 18.9 Å². The zero-order valence-corrected chi connectivity index (χ0v) is 27.3. The summed E-state index contributed by atoms with van der Waals surface area (Å²) in [5.41, 5.74) is 7.41. The van der Waals surface area contributed by atoms with E-state index in [4.69, 9.17) is 18.9 Å². The highest BCUT2D eigenvalue weighted by Crippen LogP contribution is 2.39. The molecule has 0 fully saturated rings. The Morgan fingerprint density at radius 1 is 0.292 bits per heavy atom. The summed E-state index contributed by atoms with van der Waals surface area (Å²) in [6.07, 6.45) is 0. The van der Waals surface area contributed by atoms with E-state index >= 15 is 0 Å². The summed E-state index contributed by atoms with van der Waals surface area (Å²) in [4.78, 5) is 4.33. The van der Waals surface area contributed by atoms with Gasteiger partial charge in [0.2, 0.25) is 0 Å². The van der Waals surface area contributed by atoms with Crippen molar-refractivity contribution in [1.29, 1.82) is 0 Å². The second-order valence-electron chi connectivity index (χ2n) is 10.7. The number of hydrogen-bond acceptors (Lipinski definition) is 8. The summed E-state index contributed by atoms with van der Waals surface area (Å²) in [6.45, 7) is 0. The van der Waals surface area contributed by atoms with Crippen LogP contribution in [0.2, 0.25) is 0 Å². The van der Waals surface area contributed by atoms with Gasteiger partial charge in [0, 0.05) is 34.1 Å². The molecule has 8 heteroatoms. The van der Waals surface area contributed by atoms with Gasteiger partial charge in [-0.1, -0.05) is 0 Å². The van der Waals surface area contributed by atoms with Gasteiger partial charge in [-0.2, -0.15) is 10.2 Å². The molecular formula is C40H36N4O4. The maximum absolute atomic E-state index is 5.38. The van der Waals surface area contributed by atoms with E-state index in [2.05, 4.69) is 20.0 Å². The van der Waals surface area contributed by atoms with Crippen LogP contribution in [0, 0.1) is 0 Å². The van der Waals surface area contributed by atoms with Crippen LogP contribution in [0.25, 0.3) is 0 Å². The van der Waals surface area contributed by atoms with Crippen molar-refractivity contribution in [1.82, 2.24) is 0 Å². The van der Waals surface area contributed by atoms with Crippen LogP contribution < -0.4 is 28.7 Å². The third kappa shape index (κ3) is 7.24. The van der Waals surface area contributed by atoms with Crippen LogP contribution in [0.4, 0.5) is 45.5 Å². The number of nitrogens with zero attached hydrogens (tertiary/aromatic N) is 4. The lowest BCUT2D eigenvalue weighted by Gasteiger charge is -2.26. The fraction of sp³-hybridized carbons (Fsp3) is 0.100.